The van der Waals surface area contributed by atoms with Crippen molar-refractivity contribution in [3.63, 3.8) is 0 Å². The molecule has 2 N–H and O–H groups in total. The van der Waals surface area contributed by atoms with E-state index in [0.29, 0.717) is 44.5 Å². The smallest absolute Gasteiger partial charge is 0.415 e. The third kappa shape index (κ3) is 6.62. The highest BCUT2D eigenvalue weighted by Gasteiger charge is 2.25. The third-order valence-corrected chi connectivity index (χ3v) is 5.08. The molecule has 1 heterocycles. The number of amides is 2. The van der Waals surface area contributed by atoms with Crippen molar-refractivity contribution in [2.75, 3.05) is 13.1 Å². The van der Waals surface area contributed by atoms with Crippen LogP contribution < -0.4 is 10.1 Å². The van der Waals surface area contributed by atoms with Crippen molar-refractivity contribution in [1.82, 2.24) is 10.2 Å². The van der Waals surface area contributed by atoms with E-state index in [9.17, 15) is 14.4 Å². The fourth-order valence-corrected chi connectivity index (χ4v) is 3.41. The summed E-state index contributed by atoms with van der Waals surface area (Å²) in [6, 6.07) is 16.5. The van der Waals surface area contributed by atoms with Gasteiger partial charge in [-0.15, -0.1) is 0 Å². The van der Waals surface area contributed by atoms with Gasteiger partial charge in [-0.3, -0.25) is 9.59 Å². The van der Waals surface area contributed by atoms with Crippen LogP contribution >= 0.6 is 0 Å². The summed E-state index contributed by atoms with van der Waals surface area (Å²) in [7, 11) is 0. The lowest BCUT2D eigenvalue weighted by Crippen LogP contribution is -2.47. The third-order valence-electron chi connectivity index (χ3n) is 5.08. The number of likely N-dealkylation sites (tertiary alicyclic amines) is 1. The van der Waals surface area contributed by atoms with E-state index in [0.717, 1.165) is 11.1 Å². The number of nitrogens with zero attached hydrogens (tertiary/aromatic N) is 1. The first-order chi connectivity index (χ1) is 14.5. The molecule has 1 aliphatic rings. The zero-order valence-corrected chi connectivity index (χ0v) is 16.8. The molecule has 0 atom stereocenters. The molecule has 0 spiro atoms. The van der Waals surface area contributed by atoms with Crippen LogP contribution in [0.1, 0.15) is 30.4 Å². The molecule has 0 unspecified atom stereocenters. The number of hydrogen-bond donors (Lipinski definition) is 2. The highest BCUT2D eigenvalue weighted by Crippen LogP contribution is 2.17. The quantitative estimate of drug-likeness (QED) is 0.732. The number of carbonyl (C=O) groups is 3. The molecule has 7 heteroatoms. The standard InChI is InChI=1S/C23H26N2O5/c26-21(16-18-4-2-1-3-5-18)24-19-12-14-25(15-13-19)23(29)30-20-9-6-17(7-10-20)8-11-22(27)28/h1-7,9-10,19H,8,11-16H2,(H,24,26)(H,27,28). The lowest BCUT2D eigenvalue weighted by molar-refractivity contribution is -0.137. The Morgan fingerprint density at radius 2 is 1.63 bits per heavy atom. The second-order valence-corrected chi connectivity index (χ2v) is 7.40. The highest BCUT2D eigenvalue weighted by atomic mass is 16.6. The Morgan fingerprint density at radius 3 is 2.27 bits per heavy atom. The van der Waals surface area contributed by atoms with E-state index in [2.05, 4.69) is 5.32 Å². The summed E-state index contributed by atoms with van der Waals surface area (Å²) in [5.41, 5.74) is 1.86. The molecule has 2 aromatic carbocycles. The van der Waals surface area contributed by atoms with Gasteiger partial charge in [-0.1, -0.05) is 42.5 Å². The molecule has 1 fully saturated rings. The summed E-state index contributed by atoms with van der Waals surface area (Å²) in [5, 5.41) is 11.8. The van der Waals surface area contributed by atoms with Crippen LogP contribution in [0.5, 0.6) is 5.75 Å². The lowest BCUT2D eigenvalue weighted by Gasteiger charge is -2.31. The van der Waals surface area contributed by atoms with Crippen molar-refractivity contribution in [3.8, 4) is 5.75 Å². The molecule has 2 amide bonds. The van der Waals surface area contributed by atoms with Gasteiger partial charge in [0.25, 0.3) is 0 Å². The number of rotatable bonds is 7. The average Bonchev–Trinajstić information content (AvgIpc) is 2.74. The molecule has 0 radical (unpaired) electrons. The number of ether oxygens (including phenoxy) is 1. The summed E-state index contributed by atoms with van der Waals surface area (Å²) in [5.74, 6) is -0.423. The predicted molar refractivity (Wildman–Crippen MR) is 111 cm³/mol. The number of aliphatic carboxylic acids is 1. The van der Waals surface area contributed by atoms with Gasteiger partial charge in [0.1, 0.15) is 5.75 Å². The van der Waals surface area contributed by atoms with Gasteiger partial charge in [-0.05, 0) is 42.5 Å². The van der Waals surface area contributed by atoms with Crippen LogP contribution in [0.3, 0.4) is 0 Å². The number of piperidine rings is 1. The SMILES string of the molecule is O=C(O)CCc1ccc(OC(=O)N2CCC(NC(=O)Cc3ccccc3)CC2)cc1. The van der Waals surface area contributed by atoms with E-state index in [1.54, 1.807) is 29.2 Å². The van der Waals surface area contributed by atoms with Crippen LogP contribution in [-0.2, 0) is 22.4 Å². The van der Waals surface area contributed by atoms with Gasteiger partial charge >= 0.3 is 12.1 Å². The van der Waals surface area contributed by atoms with E-state index in [-0.39, 0.29) is 18.4 Å². The normalized spacial score (nSPS) is 14.2. The largest absolute Gasteiger partial charge is 0.481 e. The lowest BCUT2D eigenvalue weighted by atomic mass is 10.0. The first-order valence-electron chi connectivity index (χ1n) is 10.1. The summed E-state index contributed by atoms with van der Waals surface area (Å²) in [4.78, 5) is 36.8. The summed E-state index contributed by atoms with van der Waals surface area (Å²) >= 11 is 0. The van der Waals surface area contributed by atoms with Gasteiger partial charge in [0.2, 0.25) is 5.91 Å². The maximum absolute atomic E-state index is 12.4. The molecule has 158 valence electrons. The van der Waals surface area contributed by atoms with Gasteiger partial charge in [0, 0.05) is 25.6 Å². The van der Waals surface area contributed by atoms with Gasteiger partial charge in [-0.25, -0.2) is 4.79 Å². The number of aryl methyl sites for hydroxylation is 1. The molecule has 0 saturated carbocycles. The molecule has 0 bridgehead atoms. The first-order valence-corrected chi connectivity index (χ1v) is 10.1. The molecule has 1 saturated heterocycles. The minimum Gasteiger partial charge on any atom is -0.481 e. The van der Waals surface area contributed by atoms with Crippen LogP contribution in [0.2, 0.25) is 0 Å². The Bertz CT molecular complexity index is 859. The summed E-state index contributed by atoms with van der Waals surface area (Å²) < 4.78 is 5.41. The van der Waals surface area contributed by atoms with Gasteiger partial charge < -0.3 is 20.1 Å². The van der Waals surface area contributed by atoms with Crippen molar-refractivity contribution in [1.29, 1.82) is 0 Å². The maximum Gasteiger partial charge on any atom is 0.415 e. The van der Waals surface area contributed by atoms with Crippen LogP contribution in [0.25, 0.3) is 0 Å². The Morgan fingerprint density at radius 1 is 0.967 bits per heavy atom. The maximum atomic E-state index is 12.4. The van der Waals surface area contributed by atoms with E-state index >= 15 is 0 Å². The first kappa shape index (κ1) is 21.4. The molecule has 30 heavy (non-hydrogen) atoms. The van der Waals surface area contributed by atoms with Crippen LogP contribution in [-0.4, -0.2) is 47.1 Å². The zero-order chi connectivity index (χ0) is 21.3. The number of hydrogen-bond acceptors (Lipinski definition) is 4. The van der Waals surface area contributed by atoms with Gasteiger partial charge in [0.05, 0.1) is 6.42 Å². The number of carbonyl (C=O) groups excluding carboxylic acids is 2. The molecule has 1 aliphatic heterocycles. The van der Waals surface area contributed by atoms with E-state index < -0.39 is 12.1 Å². The topological polar surface area (TPSA) is 95.9 Å². The Hall–Kier alpha value is -3.35. The molecule has 2 aromatic rings. The fourth-order valence-electron chi connectivity index (χ4n) is 3.41. The number of carboxylic acids is 1. The molecule has 3 rings (SSSR count). The number of benzene rings is 2. The Labute approximate surface area is 175 Å². The van der Waals surface area contributed by atoms with E-state index in [1.807, 2.05) is 30.3 Å². The summed E-state index contributed by atoms with van der Waals surface area (Å²) in [6.45, 7) is 1.04. The average molecular weight is 410 g/mol. The fraction of sp³-hybridized carbons (Fsp3) is 0.348. The molecule has 7 nitrogen and oxygen atoms in total. The van der Waals surface area contributed by atoms with Crippen molar-refractivity contribution in [3.05, 3.63) is 65.7 Å². The van der Waals surface area contributed by atoms with Crippen molar-refractivity contribution >= 4 is 18.0 Å². The van der Waals surface area contributed by atoms with Crippen molar-refractivity contribution < 1.29 is 24.2 Å². The highest BCUT2D eigenvalue weighted by molar-refractivity contribution is 5.79. The Balaban J connectivity index is 1.40. The zero-order valence-electron chi connectivity index (χ0n) is 16.8. The van der Waals surface area contributed by atoms with Crippen LogP contribution in [0.15, 0.2) is 54.6 Å². The molecule has 0 aromatic heterocycles. The monoisotopic (exact) mass is 410 g/mol. The second kappa shape index (κ2) is 10.4. The summed E-state index contributed by atoms with van der Waals surface area (Å²) in [6.07, 6.45) is 1.81. The van der Waals surface area contributed by atoms with Crippen molar-refractivity contribution in [2.24, 2.45) is 0 Å². The van der Waals surface area contributed by atoms with Gasteiger partial charge in [0.15, 0.2) is 0 Å². The number of nitrogens with one attached hydrogen (secondary N) is 1. The molecular weight excluding hydrogens is 384 g/mol. The Kier molecular flexibility index (Phi) is 7.43. The number of carboxylic acid groups (broad SMARTS) is 1. The molecule has 0 aliphatic carbocycles. The van der Waals surface area contributed by atoms with Gasteiger partial charge in [-0.2, -0.15) is 0 Å². The van der Waals surface area contributed by atoms with E-state index in [1.165, 1.54) is 0 Å². The minimum atomic E-state index is -0.842. The van der Waals surface area contributed by atoms with Crippen LogP contribution in [0, 0.1) is 0 Å². The van der Waals surface area contributed by atoms with Crippen molar-refractivity contribution in [2.45, 2.75) is 38.1 Å². The second-order valence-electron chi connectivity index (χ2n) is 7.40. The predicted octanol–water partition coefficient (Wildman–Crippen LogP) is 3.03. The van der Waals surface area contributed by atoms with E-state index in [4.69, 9.17) is 9.84 Å². The minimum absolute atomic E-state index is 0.00906. The van der Waals surface area contributed by atoms with Crippen LogP contribution in [0.4, 0.5) is 4.79 Å². The molecular formula is C23H26N2O5.